The van der Waals surface area contributed by atoms with Crippen LogP contribution < -0.4 is 5.73 Å². The topological polar surface area (TPSA) is 26.0 Å². The smallest absolute Gasteiger partial charge is 0.159 e. The summed E-state index contributed by atoms with van der Waals surface area (Å²) in [5.41, 5.74) is 6.57. The zero-order chi connectivity index (χ0) is 13.1. The Morgan fingerprint density at radius 1 is 1.00 bits per heavy atom. The van der Waals surface area contributed by atoms with Gasteiger partial charge in [0.1, 0.15) is 0 Å². The quantitative estimate of drug-likeness (QED) is 0.906. The van der Waals surface area contributed by atoms with Gasteiger partial charge in [0.15, 0.2) is 11.6 Å². The van der Waals surface area contributed by atoms with Crippen LogP contribution in [0, 0.1) is 11.6 Å². The van der Waals surface area contributed by atoms with Gasteiger partial charge in [-0.3, -0.25) is 0 Å². The molecule has 0 atom stereocenters. The molecule has 18 heavy (non-hydrogen) atoms. The molecule has 0 aliphatic heterocycles. The van der Waals surface area contributed by atoms with Gasteiger partial charge >= 0.3 is 0 Å². The van der Waals surface area contributed by atoms with Crippen LogP contribution in [0.4, 0.5) is 8.78 Å². The first kappa shape index (κ1) is 13.5. The highest BCUT2D eigenvalue weighted by Crippen LogP contribution is 2.31. The number of hydrogen-bond acceptors (Lipinski definition) is 2. The van der Waals surface area contributed by atoms with E-state index in [1.807, 2.05) is 18.2 Å². The summed E-state index contributed by atoms with van der Waals surface area (Å²) in [5.74, 6) is -1.67. The third-order valence-corrected chi connectivity index (χ3v) is 4.09. The third kappa shape index (κ3) is 3.10. The molecule has 2 N–H and O–H groups in total. The van der Waals surface area contributed by atoms with E-state index in [9.17, 15) is 8.78 Å². The second kappa shape index (κ2) is 5.82. The lowest BCUT2D eigenvalue weighted by molar-refractivity contribution is 0.506. The molecule has 0 radical (unpaired) electrons. The van der Waals surface area contributed by atoms with Crippen molar-refractivity contribution in [2.45, 2.75) is 16.3 Å². The molecule has 0 spiro atoms. The monoisotopic (exact) mass is 329 g/mol. The van der Waals surface area contributed by atoms with Crippen LogP contribution >= 0.6 is 27.7 Å². The maximum Gasteiger partial charge on any atom is 0.159 e. The SMILES string of the molecule is NCc1ccc(Sc2ccc(F)c(F)c2)cc1Br. The molecule has 0 fully saturated rings. The van der Waals surface area contributed by atoms with Crippen LogP contribution in [0.25, 0.3) is 0 Å². The number of rotatable bonds is 3. The van der Waals surface area contributed by atoms with E-state index in [1.54, 1.807) is 6.07 Å². The molecule has 0 saturated carbocycles. The highest BCUT2D eigenvalue weighted by atomic mass is 79.9. The standard InChI is InChI=1S/C13H10BrF2NS/c14-11-5-9(2-1-8(11)7-17)18-10-3-4-12(15)13(16)6-10/h1-6H,7,17H2. The van der Waals surface area contributed by atoms with Crippen LogP contribution in [0.3, 0.4) is 0 Å². The van der Waals surface area contributed by atoms with Gasteiger partial charge in [-0.1, -0.05) is 33.8 Å². The zero-order valence-electron chi connectivity index (χ0n) is 9.29. The lowest BCUT2D eigenvalue weighted by Gasteiger charge is -2.06. The summed E-state index contributed by atoms with van der Waals surface area (Å²) in [4.78, 5) is 1.59. The van der Waals surface area contributed by atoms with Crippen molar-refractivity contribution >= 4 is 27.7 Å². The van der Waals surface area contributed by atoms with Crippen molar-refractivity contribution in [3.05, 3.63) is 58.1 Å². The van der Waals surface area contributed by atoms with E-state index in [-0.39, 0.29) is 0 Å². The van der Waals surface area contributed by atoms with Crippen molar-refractivity contribution in [2.24, 2.45) is 5.73 Å². The molecule has 0 aliphatic rings. The van der Waals surface area contributed by atoms with Gasteiger partial charge < -0.3 is 5.73 Å². The fourth-order valence-electron chi connectivity index (χ4n) is 1.43. The average molecular weight is 330 g/mol. The largest absolute Gasteiger partial charge is 0.326 e. The van der Waals surface area contributed by atoms with Crippen molar-refractivity contribution < 1.29 is 8.78 Å². The highest BCUT2D eigenvalue weighted by molar-refractivity contribution is 9.10. The third-order valence-electron chi connectivity index (χ3n) is 2.37. The Kier molecular flexibility index (Phi) is 4.37. The maximum absolute atomic E-state index is 13.1. The van der Waals surface area contributed by atoms with E-state index in [0.717, 1.165) is 21.0 Å². The van der Waals surface area contributed by atoms with Gasteiger partial charge in [-0.25, -0.2) is 8.78 Å². The molecule has 5 heteroatoms. The molecular weight excluding hydrogens is 320 g/mol. The minimum Gasteiger partial charge on any atom is -0.326 e. The average Bonchev–Trinajstić information content (AvgIpc) is 2.34. The predicted octanol–water partition coefficient (Wildman–Crippen LogP) is 4.34. The summed E-state index contributed by atoms with van der Waals surface area (Å²) in [5, 5.41) is 0. The first-order valence-corrected chi connectivity index (χ1v) is 6.82. The van der Waals surface area contributed by atoms with E-state index < -0.39 is 11.6 Å². The van der Waals surface area contributed by atoms with Crippen molar-refractivity contribution in [3.8, 4) is 0 Å². The Balaban J connectivity index is 2.23. The lowest BCUT2D eigenvalue weighted by atomic mass is 10.2. The molecule has 0 unspecified atom stereocenters. The van der Waals surface area contributed by atoms with E-state index >= 15 is 0 Å². The van der Waals surface area contributed by atoms with Gasteiger partial charge in [0.25, 0.3) is 0 Å². The van der Waals surface area contributed by atoms with Gasteiger partial charge in [-0.15, -0.1) is 0 Å². The van der Waals surface area contributed by atoms with Gasteiger partial charge in [-0.2, -0.15) is 0 Å². The van der Waals surface area contributed by atoms with E-state index in [1.165, 1.54) is 17.8 Å². The van der Waals surface area contributed by atoms with Crippen LogP contribution in [-0.2, 0) is 6.54 Å². The Hall–Kier alpha value is -0.910. The summed E-state index contributed by atoms with van der Waals surface area (Å²) >= 11 is 4.79. The normalized spacial score (nSPS) is 10.7. The molecular formula is C13H10BrF2NS. The predicted molar refractivity (Wildman–Crippen MR) is 72.5 cm³/mol. The molecule has 1 nitrogen and oxygen atoms in total. The van der Waals surface area contributed by atoms with Crippen LogP contribution in [0.5, 0.6) is 0 Å². The van der Waals surface area contributed by atoms with Crippen molar-refractivity contribution in [2.75, 3.05) is 0 Å². The van der Waals surface area contributed by atoms with E-state index in [2.05, 4.69) is 15.9 Å². The number of nitrogens with two attached hydrogens (primary N) is 1. The van der Waals surface area contributed by atoms with E-state index in [4.69, 9.17) is 5.73 Å². The second-order valence-corrected chi connectivity index (χ2v) is 5.64. The molecule has 0 aliphatic carbocycles. The fourth-order valence-corrected chi connectivity index (χ4v) is 3.01. The fraction of sp³-hybridized carbons (Fsp3) is 0.0769. The van der Waals surface area contributed by atoms with Gasteiger partial charge in [0.05, 0.1) is 0 Å². The highest BCUT2D eigenvalue weighted by Gasteiger charge is 2.05. The molecule has 0 amide bonds. The number of benzene rings is 2. The number of halogens is 3. The van der Waals surface area contributed by atoms with Crippen LogP contribution in [-0.4, -0.2) is 0 Å². The minimum atomic E-state index is -0.836. The van der Waals surface area contributed by atoms with Gasteiger partial charge in [0.2, 0.25) is 0 Å². The molecule has 2 aromatic rings. The summed E-state index contributed by atoms with van der Waals surface area (Å²) in [6.45, 7) is 0.455. The van der Waals surface area contributed by atoms with Gasteiger partial charge in [0, 0.05) is 20.8 Å². The summed E-state index contributed by atoms with van der Waals surface area (Å²) in [6.07, 6.45) is 0. The number of hydrogen-bond donors (Lipinski definition) is 1. The molecule has 0 aromatic heterocycles. The van der Waals surface area contributed by atoms with E-state index in [0.29, 0.717) is 11.4 Å². The Labute approximate surface area is 117 Å². The summed E-state index contributed by atoms with van der Waals surface area (Å²) in [6, 6.07) is 9.58. The van der Waals surface area contributed by atoms with Crippen LogP contribution in [0.2, 0.25) is 0 Å². The molecule has 0 saturated heterocycles. The molecule has 94 valence electrons. The van der Waals surface area contributed by atoms with Crippen molar-refractivity contribution in [1.82, 2.24) is 0 Å². The van der Waals surface area contributed by atoms with Crippen LogP contribution in [0.15, 0.2) is 50.7 Å². The summed E-state index contributed by atoms with van der Waals surface area (Å²) < 4.78 is 26.8. The Morgan fingerprint density at radius 2 is 1.67 bits per heavy atom. The Morgan fingerprint density at radius 3 is 2.28 bits per heavy atom. The molecule has 2 aromatic carbocycles. The van der Waals surface area contributed by atoms with Crippen molar-refractivity contribution in [1.29, 1.82) is 0 Å². The summed E-state index contributed by atoms with van der Waals surface area (Å²) in [7, 11) is 0. The molecule has 2 rings (SSSR count). The van der Waals surface area contributed by atoms with Crippen molar-refractivity contribution in [3.63, 3.8) is 0 Å². The molecule has 0 bridgehead atoms. The molecule has 0 heterocycles. The lowest BCUT2D eigenvalue weighted by Crippen LogP contribution is -1.96. The Bertz CT molecular complexity index is 575. The van der Waals surface area contributed by atoms with Crippen LogP contribution in [0.1, 0.15) is 5.56 Å². The van der Waals surface area contributed by atoms with Gasteiger partial charge in [-0.05, 0) is 35.9 Å². The zero-order valence-corrected chi connectivity index (χ0v) is 11.7. The first-order valence-electron chi connectivity index (χ1n) is 5.21. The first-order chi connectivity index (χ1) is 8.60. The second-order valence-electron chi connectivity index (χ2n) is 3.64. The maximum atomic E-state index is 13.1. The minimum absolute atomic E-state index is 0.455.